The second-order valence-corrected chi connectivity index (χ2v) is 2.80. The molecule has 5 nitrogen and oxygen atoms in total. The van der Waals surface area contributed by atoms with Crippen LogP contribution < -0.4 is 0 Å². The minimum atomic E-state index is -4.52. The van der Waals surface area contributed by atoms with Crippen molar-refractivity contribution in [1.82, 2.24) is 14.8 Å². The predicted molar refractivity (Wildman–Crippen MR) is 38.7 cm³/mol. The quantitative estimate of drug-likeness (QED) is 0.451. The van der Waals surface area contributed by atoms with Gasteiger partial charge in [0.25, 0.3) is 0 Å². The third-order valence-electron chi connectivity index (χ3n) is 1.84. The lowest BCUT2D eigenvalue weighted by Gasteiger charge is -2.13. The summed E-state index contributed by atoms with van der Waals surface area (Å²) in [5.41, 5.74) is 0. The Morgan fingerprint density at radius 3 is 2.79 bits per heavy atom. The maximum absolute atomic E-state index is 12.3. The summed E-state index contributed by atoms with van der Waals surface area (Å²) in [7, 11) is 0. The molecule has 1 aromatic rings. The lowest BCUT2D eigenvalue weighted by Crippen LogP contribution is -2.26. The monoisotopic (exact) mass is 206 g/mol. The van der Waals surface area contributed by atoms with Gasteiger partial charge in [-0.05, 0) is 0 Å². The molecule has 0 saturated heterocycles. The molecule has 1 aliphatic heterocycles. The molecule has 1 aromatic heterocycles. The highest BCUT2D eigenvalue weighted by atomic mass is 19.4. The number of hydrogen-bond acceptors (Lipinski definition) is 3. The molecule has 2 heterocycles. The van der Waals surface area contributed by atoms with Crippen molar-refractivity contribution in [2.75, 3.05) is 6.54 Å². The van der Waals surface area contributed by atoms with E-state index in [-0.39, 0.29) is 18.9 Å². The topological polar surface area (TPSA) is 56.8 Å². The van der Waals surface area contributed by atoms with E-state index in [9.17, 15) is 18.4 Å². The fraction of sp³-hybridized carbons (Fsp3) is 0.500. The molecular formula is C6H5F3N4O. The van der Waals surface area contributed by atoms with Crippen LogP contribution in [-0.4, -0.2) is 32.3 Å². The van der Waals surface area contributed by atoms with E-state index in [1.54, 1.807) is 0 Å². The zero-order valence-electron chi connectivity index (χ0n) is 6.82. The van der Waals surface area contributed by atoms with Gasteiger partial charge < -0.3 is 5.21 Å². The number of nitrogens with zero attached hydrogens (tertiary/aromatic N) is 4. The summed E-state index contributed by atoms with van der Waals surface area (Å²) in [6.07, 6.45) is -3.53. The van der Waals surface area contributed by atoms with Gasteiger partial charge in [0.2, 0.25) is 17.9 Å². The number of halogens is 3. The van der Waals surface area contributed by atoms with Crippen LogP contribution in [0.15, 0.2) is 0 Å². The predicted octanol–water partition coefficient (Wildman–Crippen LogP) is 0.240. The van der Waals surface area contributed by atoms with Crippen molar-refractivity contribution in [3.63, 3.8) is 0 Å². The molecule has 0 unspecified atom stereocenters. The third-order valence-corrected chi connectivity index (χ3v) is 1.84. The summed E-state index contributed by atoms with van der Waals surface area (Å²) in [5.74, 6) is -1.12. The van der Waals surface area contributed by atoms with E-state index in [0.29, 0.717) is 4.74 Å². The molecule has 0 spiro atoms. The van der Waals surface area contributed by atoms with Crippen molar-refractivity contribution in [2.24, 2.45) is 0 Å². The molecule has 0 amide bonds. The number of rotatable bonds is 0. The SMILES string of the molecule is [O-][N+]1=Cc2nnc(C(F)(F)F)n2CC1. The standard InChI is InChI=1S/C6H5F3N4O/c7-6(8,9)5-11-10-4-3-12(14)1-2-13(4)5/h3H,1-2H2. The van der Waals surface area contributed by atoms with E-state index in [4.69, 9.17) is 0 Å². The lowest BCUT2D eigenvalue weighted by atomic mass is 10.4. The Hall–Kier alpha value is -1.60. The fourth-order valence-electron chi connectivity index (χ4n) is 1.23. The Balaban J connectivity index is 2.49. The maximum Gasteiger partial charge on any atom is 0.451 e. The van der Waals surface area contributed by atoms with E-state index < -0.39 is 12.0 Å². The molecule has 14 heavy (non-hydrogen) atoms. The van der Waals surface area contributed by atoms with Crippen molar-refractivity contribution < 1.29 is 17.9 Å². The van der Waals surface area contributed by atoms with Gasteiger partial charge in [0, 0.05) is 0 Å². The van der Waals surface area contributed by atoms with E-state index in [1.807, 2.05) is 0 Å². The number of fused-ring (bicyclic) bond motifs is 1. The number of hydroxylamine groups is 1. The third kappa shape index (κ3) is 1.32. The molecule has 76 valence electrons. The Bertz CT molecular complexity index is 394. The Morgan fingerprint density at radius 1 is 1.43 bits per heavy atom. The van der Waals surface area contributed by atoms with Gasteiger partial charge in [-0.25, -0.2) is 4.74 Å². The molecule has 2 rings (SSSR count). The first-order chi connectivity index (χ1) is 6.48. The fourth-order valence-corrected chi connectivity index (χ4v) is 1.23. The first kappa shape index (κ1) is 8.97. The highest BCUT2D eigenvalue weighted by Gasteiger charge is 2.39. The summed E-state index contributed by atoms with van der Waals surface area (Å²) in [6.45, 7) is -0.0642. The van der Waals surface area contributed by atoms with Crippen LogP contribution in [0.3, 0.4) is 0 Å². The highest BCUT2D eigenvalue weighted by molar-refractivity contribution is 5.70. The largest absolute Gasteiger partial charge is 0.624 e. The zero-order valence-corrected chi connectivity index (χ0v) is 6.82. The first-order valence-corrected chi connectivity index (χ1v) is 3.77. The van der Waals surface area contributed by atoms with Gasteiger partial charge in [-0.3, -0.25) is 4.57 Å². The van der Waals surface area contributed by atoms with Gasteiger partial charge in [0.15, 0.2) is 6.54 Å². The van der Waals surface area contributed by atoms with Gasteiger partial charge in [0.1, 0.15) is 0 Å². The first-order valence-electron chi connectivity index (χ1n) is 3.77. The van der Waals surface area contributed by atoms with Crippen molar-refractivity contribution >= 4 is 6.21 Å². The Kier molecular flexibility index (Phi) is 1.73. The van der Waals surface area contributed by atoms with Crippen molar-refractivity contribution in [1.29, 1.82) is 0 Å². The Morgan fingerprint density at radius 2 is 2.14 bits per heavy atom. The number of hydrogen-bond donors (Lipinski definition) is 0. The van der Waals surface area contributed by atoms with Crippen molar-refractivity contribution in [3.05, 3.63) is 16.9 Å². The molecule has 0 radical (unpaired) electrons. The normalized spacial score (nSPS) is 16.4. The number of alkyl halides is 3. The molecule has 0 atom stereocenters. The van der Waals surface area contributed by atoms with Crippen LogP contribution in [0.2, 0.25) is 0 Å². The van der Waals surface area contributed by atoms with Crippen molar-refractivity contribution in [3.8, 4) is 0 Å². The highest BCUT2D eigenvalue weighted by Crippen LogP contribution is 2.28. The van der Waals surface area contributed by atoms with Crippen LogP contribution in [-0.2, 0) is 12.7 Å². The molecule has 0 aliphatic carbocycles. The van der Waals surface area contributed by atoms with Gasteiger partial charge in [0.05, 0.1) is 6.54 Å². The molecule has 0 aromatic carbocycles. The minimum absolute atomic E-state index is 0.0197. The smallest absolute Gasteiger partial charge is 0.451 e. The maximum atomic E-state index is 12.3. The summed E-state index contributed by atoms with van der Waals surface area (Å²) in [5, 5.41) is 17.0. The summed E-state index contributed by atoms with van der Waals surface area (Å²) in [4.78, 5) is 0. The van der Waals surface area contributed by atoms with Crippen LogP contribution in [0.1, 0.15) is 11.6 Å². The van der Waals surface area contributed by atoms with Crippen LogP contribution in [0.5, 0.6) is 0 Å². The van der Waals surface area contributed by atoms with Gasteiger partial charge >= 0.3 is 6.18 Å². The van der Waals surface area contributed by atoms with Crippen LogP contribution in [0.4, 0.5) is 13.2 Å². The van der Waals surface area contributed by atoms with E-state index in [0.717, 1.165) is 10.8 Å². The average Bonchev–Trinajstić information content (AvgIpc) is 2.45. The summed E-state index contributed by atoms with van der Waals surface area (Å²) in [6, 6.07) is 0. The van der Waals surface area contributed by atoms with E-state index in [1.165, 1.54) is 0 Å². The van der Waals surface area contributed by atoms with Gasteiger partial charge in [-0.15, -0.1) is 10.2 Å². The molecule has 0 bridgehead atoms. The molecule has 0 N–H and O–H groups in total. The molecule has 8 heteroatoms. The van der Waals surface area contributed by atoms with Crippen molar-refractivity contribution in [2.45, 2.75) is 12.7 Å². The van der Waals surface area contributed by atoms with Crippen LogP contribution >= 0.6 is 0 Å². The molecular weight excluding hydrogens is 201 g/mol. The summed E-state index contributed by atoms with van der Waals surface area (Å²) >= 11 is 0. The zero-order chi connectivity index (χ0) is 10.3. The Labute approximate surface area is 76.1 Å². The molecule has 0 saturated carbocycles. The number of aromatic nitrogens is 3. The van der Waals surface area contributed by atoms with E-state index in [2.05, 4.69) is 10.2 Å². The van der Waals surface area contributed by atoms with Crippen LogP contribution in [0, 0.1) is 5.21 Å². The second-order valence-electron chi connectivity index (χ2n) is 2.80. The molecule has 0 fully saturated rings. The van der Waals surface area contributed by atoms with E-state index >= 15 is 0 Å². The van der Waals surface area contributed by atoms with Crippen LogP contribution in [0.25, 0.3) is 0 Å². The van der Waals surface area contributed by atoms with Gasteiger partial charge in [-0.1, -0.05) is 0 Å². The minimum Gasteiger partial charge on any atom is -0.624 e. The lowest BCUT2D eigenvalue weighted by molar-refractivity contribution is -0.457. The average molecular weight is 206 g/mol. The van der Waals surface area contributed by atoms with Gasteiger partial charge in [-0.2, -0.15) is 13.2 Å². The summed E-state index contributed by atoms with van der Waals surface area (Å²) < 4.78 is 38.2. The molecule has 1 aliphatic rings. The second kappa shape index (κ2) is 2.69.